The molecule has 0 radical (unpaired) electrons. The number of nitrogens with one attached hydrogen (secondary N) is 1. The first-order valence-electron chi connectivity index (χ1n) is 5.70. The average Bonchev–Trinajstić information content (AvgIpc) is 2.36. The number of alkyl halides is 2. The first-order chi connectivity index (χ1) is 8.18. The predicted octanol–water partition coefficient (Wildman–Crippen LogP) is 1.49. The molecule has 0 aliphatic carbocycles. The lowest BCUT2D eigenvalue weighted by atomic mass is 10.1. The van der Waals surface area contributed by atoms with Gasteiger partial charge in [-0.1, -0.05) is 0 Å². The van der Waals surface area contributed by atoms with Crippen molar-refractivity contribution in [1.82, 2.24) is 5.32 Å². The van der Waals surface area contributed by atoms with E-state index in [4.69, 9.17) is 37.4 Å². The van der Waals surface area contributed by atoms with Gasteiger partial charge in [-0.05, 0) is 6.92 Å². The Morgan fingerprint density at radius 2 is 1.47 bits per heavy atom. The smallest absolute Gasteiger partial charge is 0.0701 e. The van der Waals surface area contributed by atoms with E-state index in [9.17, 15) is 0 Å². The minimum Gasteiger partial charge on any atom is -0.382 e. The third kappa shape index (κ3) is 10.1. The Bertz CT molecular complexity index is 169. The van der Waals surface area contributed by atoms with E-state index in [1.165, 1.54) is 0 Å². The summed E-state index contributed by atoms with van der Waals surface area (Å²) in [5.41, 5.74) is -0.221. The molecule has 0 saturated heterocycles. The van der Waals surface area contributed by atoms with Crippen LogP contribution in [0, 0.1) is 0 Å². The second-order valence-electron chi connectivity index (χ2n) is 3.97. The second-order valence-corrected chi connectivity index (χ2v) is 4.51. The standard InChI is InChI=1S/C11H23Cl2NO3/c1-11(9-12,10-13)14-3-4-16-7-8-17-6-5-15-2/h14H,3-10H2,1-2H3. The summed E-state index contributed by atoms with van der Waals surface area (Å²) < 4.78 is 15.5. The molecule has 0 aromatic rings. The predicted molar refractivity (Wildman–Crippen MR) is 71.4 cm³/mol. The Hall–Kier alpha value is 0.420. The molecule has 0 rings (SSSR count). The van der Waals surface area contributed by atoms with Crippen molar-refractivity contribution in [2.24, 2.45) is 0 Å². The molecule has 0 saturated carbocycles. The molecule has 4 nitrogen and oxygen atoms in total. The van der Waals surface area contributed by atoms with Crippen molar-refractivity contribution >= 4 is 23.2 Å². The summed E-state index contributed by atoms with van der Waals surface area (Å²) >= 11 is 11.6. The quantitative estimate of drug-likeness (QED) is 0.436. The monoisotopic (exact) mass is 287 g/mol. The van der Waals surface area contributed by atoms with Crippen LogP contribution in [0.15, 0.2) is 0 Å². The first-order valence-corrected chi connectivity index (χ1v) is 6.77. The van der Waals surface area contributed by atoms with Crippen LogP contribution >= 0.6 is 23.2 Å². The molecule has 104 valence electrons. The number of hydrogen-bond donors (Lipinski definition) is 1. The molecule has 0 aliphatic heterocycles. The van der Waals surface area contributed by atoms with Crippen LogP contribution in [-0.4, -0.2) is 64.0 Å². The Balaban J connectivity index is 3.23. The van der Waals surface area contributed by atoms with Gasteiger partial charge in [0, 0.05) is 31.0 Å². The van der Waals surface area contributed by atoms with Crippen molar-refractivity contribution in [2.75, 3.05) is 58.4 Å². The van der Waals surface area contributed by atoms with E-state index in [1.54, 1.807) is 7.11 Å². The fourth-order valence-electron chi connectivity index (χ4n) is 1.02. The summed E-state index contributed by atoms with van der Waals surface area (Å²) in [7, 11) is 1.65. The lowest BCUT2D eigenvalue weighted by Gasteiger charge is -2.25. The van der Waals surface area contributed by atoms with Gasteiger partial charge in [-0.25, -0.2) is 0 Å². The maximum Gasteiger partial charge on any atom is 0.0701 e. The van der Waals surface area contributed by atoms with Crippen molar-refractivity contribution in [3.63, 3.8) is 0 Å². The van der Waals surface area contributed by atoms with Crippen LogP contribution in [0.1, 0.15) is 6.92 Å². The number of halogens is 2. The lowest BCUT2D eigenvalue weighted by molar-refractivity contribution is 0.0248. The van der Waals surface area contributed by atoms with Crippen molar-refractivity contribution in [2.45, 2.75) is 12.5 Å². The van der Waals surface area contributed by atoms with Crippen molar-refractivity contribution in [3.8, 4) is 0 Å². The van der Waals surface area contributed by atoms with Crippen LogP contribution in [0.4, 0.5) is 0 Å². The summed E-state index contributed by atoms with van der Waals surface area (Å²) in [6.07, 6.45) is 0. The normalized spacial score (nSPS) is 12.0. The van der Waals surface area contributed by atoms with Crippen LogP contribution in [0.25, 0.3) is 0 Å². The van der Waals surface area contributed by atoms with Gasteiger partial charge in [0.05, 0.1) is 33.0 Å². The molecule has 0 atom stereocenters. The molecule has 0 spiro atoms. The minimum absolute atomic E-state index is 0.221. The zero-order chi connectivity index (χ0) is 13.0. The number of methoxy groups -OCH3 is 1. The third-order valence-electron chi connectivity index (χ3n) is 2.19. The largest absolute Gasteiger partial charge is 0.382 e. The third-order valence-corrected chi connectivity index (χ3v) is 3.37. The summed E-state index contributed by atoms with van der Waals surface area (Å²) in [6.45, 7) is 5.74. The van der Waals surface area contributed by atoms with Gasteiger partial charge >= 0.3 is 0 Å². The number of rotatable bonds is 12. The van der Waals surface area contributed by atoms with Crippen LogP contribution < -0.4 is 5.32 Å². The van der Waals surface area contributed by atoms with E-state index in [0.29, 0.717) is 44.8 Å². The van der Waals surface area contributed by atoms with E-state index >= 15 is 0 Å². The molecule has 6 heteroatoms. The molecule has 0 bridgehead atoms. The Kier molecular flexibility index (Phi) is 11.8. The van der Waals surface area contributed by atoms with E-state index in [-0.39, 0.29) is 5.54 Å². The molecule has 0 amide bonds. The zero-order valence-corrected chi connectivity index (χ0v) is 12.1. The maximum absolute atomic E-state index is 5.80. The Labute approximate surface area is 114 Å². The molecule has 0 aliphatic rings. The van der Waals surface area contributed by atoms with Gasteiger partial charge in [-0.3, -0.25) is 0 Å². The molecule has 0 aromatic heterocycles. The highest BCUT2D eigenvalue weighted by molar-refractivity contribution is 6.22. The molecule has 1 N–H and O–H groups in total. The van der Waals surface area contributed by atoms with Gasteiger partial charge < -0.3 is 19.5 Å². The van der Waals surface area contributed by atoms with E-state index in [1.807, 2.05) is 6.92 Å². The topological polar surface area (TPSA) is 39.7 Å². The second kappa shape index (κ2) is 11.5. The van der Waals surface area contributed by atoms with Crippen LogP contribution in [-0.2, 0) is 14.2 Å². The summed E-state index contributed by atoms with van der Waals surface area (Å²) in [5, 5.41) is 3.26. The van der Waals surface area contributed by atoms with Gasteiger partial charge in [0.25, 0.3) is 0 Å². The fourth-order valence-corrected chi connectivity index (χ4v) is 1.49. The minimum atomic E-state index is -0.221. The van der Waals surface area contributed by atoms with E-state index in [0.717, 1.165) is 6.54 Å². The summed E-state index contributed by atoms with van der Waals surface area (Å²) in [5.74, 6) is 0.966. The van der Waals surface area contributed by atoms with Crippen LogP contribution in [0.2, 0.25) is 0 Å². The molecular formula is C11H23Cl2NO3. The highest BCUT2D eigenvalue weighted by Crippen LogP contribution is 2.07. The molecular weight excluding hydrogens is 265 g/mol. The SMILES string of the molecule is COCCOCCOCCNC(C)(CCl)CCl. The van der Waals surface area contributed by atoms with Gasteiger partial charge in [0.15, 0.2) is 0 Å². The van der Waals surface area contributed by atoms with Gasteiger partial charge in [0.2, 0.25) is 0 Å². The molecule has 0 fully saturated rings. The number of hydrogen-bond acceptors (Lipinski definition) is 4. The van der Waals surface area contributed by atoms with Crippen molar-refractivity contribution in [3.05, 3.63) is 0 Å². The molecule has 0 aromatic carbocycles. The van der Waals surface area contributed by atoms with Gasteiger partial charge in [-0.2, -0.15) is 0 Å². The van der Waals surface area contributed by atoms with Crippen LogP contribution in [0.3, 0.4) is 0 Å². The van der Waals surface area contributed by atoms with Crippen LogP contribution in [0.5, 0.6) is 0 Å². The summed E-state index contributed by atoms with van der Waals surface area (Å²) in [6, 6.07) is 0. The Morgan fingerprint density at radius 1 is 0.941 bits per heavy atom. The zero-order valence-electron chi connectivity index (χ0n) is 10.6. The first kappa shape index (κ1) is 17.4. The molecule has 17 heavy (non-hydrogen) atoms. The van der Waals surface area contributed by atoms with Gasteiger partial charge in [-0.15, -0.1) is 23.2 Å². The van der Waals surface area contributed by atoms with Crippen molar-refractivity contribution in [1.29, 1.82) is 0 Å². The van der Waals surface area contributed by atoms with Gasteiger partial charge in [0.1, 0.15) is 0 Å². The highest BCUT2D eigenvalue weighted by atomic mass is 35.5. The molecule has 0 heterocycles. The lowest BCUT2D eigenvalue weighted by Crippen LogP contribution is -2.47. The Morgan fingerprint density at radius 3 is 2.00 bits per heavy atom. The fraction of sp³-hybridized carbons (Fsp3) is 1.00. The maximum atomic E-state index is 5.80. The van der Waals surface area contributed by atoms with E-state index < -0.39 is 0 Å². The molecule has 0 unspecified atom stereocenters. The van der Waals surface area contributed by atoms with E-state index in [2.05, 4.69) is 5.32 Å². The highest BCUT2D eigenvalue weighted by Gasteiger charge is 2.20. The summed E-state index contributed by atoms with van der Waals surface area (Å²) in [4.78, 5) is 0. The van der Waals surface area contributed by atoms with Crippen molar-refractivity contribution < 1.29 is 14.2 Å². The number of ether oxygens (including phenoxy) is 3. The average molecular weight is 288 g/mol.